The van der Waals surface area contributed by atoms with Crippen LogP contribution in [0.25, 0.3) is 0 Å². The average molecular weight is 208 g/mol. The predicted octanol–water partition coefficient (Wildman–Crippen LogP) is 1.64. The first-order valence-electron chi connectivity index (χ1n) is 3.52. The van der Waals surface area contributed by atoms with E-state index < -0.39 is 0 Å². The molecule has 0 atom stereocenters. The molecule has 0 aromatic rings. The highest BCUT2D eigenvalue weighted by molar-refractivity contribution is 9.09. The minimum Gasteiger partial charge on any atom is -0.345 e. The van der Waals surface area contributed by atoms with Crippen LogP contribution in [-0.2, 0) is 4.79 Å². The van der Waals surface area contributed by atoms with E-state index in [1.54, 1.807) is 4.90 Å². The van der Waals surface area contributed by atoms with Crippen LogP contribution in [-0.4, -0.2) is 29.7 Å². The zero-order valence-electron chi connectivity index (χ0n) is 6.56. The lowest BCUT2D eigenvalue weighted by atomic mass is 10.3. The standard InChI is InChI=1S/C7H14BrNO/c1-3-4-5-9(2)7(10)6-8/h3-6H2,1-2H3. The Balaban J connectivity index is 3.41. The fraction of sp³-hybridized carbons (Fsp3) is 0.857. The molecule has 0 spiro atoms. The molecule has 3 heteroatoms. The molecule has 60 valence electrons. The number of carbonyl (C=O) groups is 1. The van der Waals surface area contributed by atoms with Gasteiger partial charge in [-0.2, -0.15) is 0 Å². The van der Waals surface area contributed by atoms with E-state index in [2.05, 4.69) is 22.9 Å². The van der Waals surface area contributed by atoms with Crippen molar-refractivity contribution in [3.8, 4) is 0 Å². The zero-order valence-corrected chi connectivity index (χ0v) is 8.15. The van der Waals surface area contributed by atoms with E-state index in [9.17, 15) is 4.79 Å². The Hall–Kier alpha value is -0.0500. The molecule has 0 N–H and O–H groups in total. The number of carbonyl (C=O) groups excluding carboxylic acids is 1. The van der Waals surface area contributed by atoms with Crippen molar-refractivity contribution in [1.82, 2.24) is 4.90 Å². The highest BCUT2D eigenvalue weighted by Crippen LogP contribution is 1.94. The first kappa shape index (κ1) is 9.95. The summed E-state index contributed by atoms with van der Waals surface area (Å²) in [6.07, 6.45) is 2.23. The topological polar surface area (TPSA) is 20.3 Å². The Kier molecular flexibility index (Phi) is 5.69. The van der Waals surface area contributed by atoms with Crippen LogP contribution in [0.15, 0.2) is 0 Å². The van der Waals surface area contributed by atoms with Crippen LogP contribution in [0.5, 0.6) is 0 Å². The molecule has 0 rings (SSSR count). The summed E-state index contributed by atoms with van der Waals surface area (Å²) >= 11 is 3.12. The Morgan fingerprint density at radius 2 is 2.20 bits per heavy atom. The molecule has 2 nitrogen and oxygen atoms in total. The zero-order chi connectivity index (χ0) is 7.98. The minimum atomic E-state index is 0.161. The van der Waals surface area contributed by atoms with Crippen molar-refractivity contribution >= 4 is 21.8 Å². The highest BCUT2D eigenvalue weighted by Gasteiger charge is 2.03. The van der Waals surface area contributed by atoms with Crippen molar-refractivity contribution in [2.24, 2.45) is 0 Å². The number of hydrogen-bond donors (Lipinski definition) is 0. The van der Waals surface area contributed by atoms with Crippen LogP contribution < -0.4 is 0 Å². The van der Waals surface area contributed by atoms with Gasteiger partial charge in [0.1, 0.15) is 0 Å². The number of nitrogens with zero attached hydrogens (tertiary/aromatic N) is 1. The van der Waals surface area contributed by atoms with Gasteiger partial charge in [-0.05, 0) is 6.42 Å². The van der Waals surface area contributed by atoms with Gasteiger partial charge in [-0.1, -0.05) is 29.3 Å². The van der Waals surface area contributed by atoms with Gasteiger partial charge < -0.3 is 4.90 Å². The van der Waals surface area contributed by atoms with Crippen molar-refractivity contribution in [3.63, 3.8) is 0 Å². The van der Waals surface area contributed by atoms with Crippen LogP contribution in [0.1, 0.15) is 19.8 Å². The number of amides is 1. The summed E-state index contributed by atoms with van der Waals surface area (Å²) in [6, 6.07) is 0. The van der Waals surface area contributed by atoms with Gasteiger partial charge in [0.25, 0.3) is 0 Å². The third kappa shape index (κ3) is 3.88. The largest absolute Gasteiger partial charge is 0.345 e. The molecule has 0 heterocycles. The smallest absolute Gasteiger partial charge is 0.232 e. The number of hydrogen-bond acceptors (Lipinski definition) is 1. The molecular weight excluding hydrogens is 194 g/mol. The molecule has 0 saturated carbocycles. The maximum absolute atomic E-state index is 10.9. The minimum absolute atomic E-state index is 0.161. The molecule has 0 aliphatic carbocycles. The maximum Gasteiger partial charge on any atom is 0.232 e. The molecule has 0 radical (unpaired) electrons. The predicted molar refractivity (Wildman–Crippen MR) is 46.3 cm³/mol. The maximum atomic E-state index is 10.9. The lowest BCUT2D eigenvalue weighted by molar-refractivity contribution is -0.127. The normalized spacial score (nSPS) is 9.50. The van der Waals surface area contributed by atoms with Crippen LogP contribution in [0.4, 0.5) is 0 Å². The number of rotatable bonds is 4. The molecule has 0 saturated heterocycles. The Labute approximate surface area is 70.7 Å². The SMILES string of the molecule is CCCCN(C)C(=O)CBr. The molecule has 0 unspecified atom stereocenters. The Morgan fingerprint density at radius 1 is 1.60 bits per heavy atom. The fourth-order valence-corrected chi connectivity index (χ4v) is 1.05. The summed E-state index contributed by atoms with van der Waals surface area (Å²) in [5, 5.41) is 0.438. The van der Waals surface area contributed by atoms with E-state index in [0.29, 0.717) is 5.33 Å². The third-order valence-electron chi connectivity index (χ3n) is 1.39. The molecular formula is C7H14BrNO. The number of unbranched alkanes of at least 4 members (excludes halogenated alkanes) is 1. The molecule has 0 aromatic heterocycles. The van der Waals surface area contributed by atoms with Gasteiger partial charge in [0.15, 0.2) is 0 Å². The van der Waals surface area contributed by atoms with E-state index in [4.69, 9.17) is 0 Å². The highest BCUT2D eigenvalue weighted by atomic mass is 79.9. The molecule has 0 bridgehead atoms. The van der Waals surface area contributed by atoms with Crippen molar-refractivity contribution in [2.45, 2.75) is 19.8 Å². The van der Waals surface area contributed by atoms with Gasteiger partial charge in [0, 0.05) is 13.6 Å². The summed E-state index contributed by atoms with van der Waals surface area (Å²) in [5.74, 6) is 0.161. The van der Waals surface area contributed by atoms with Crippen LogP contribution in [0.3, 0.4) is 0 Å². The van der Waals surface area contributed by atoms with Gasteiger partial charge >= 0.3 is 0 Å². The monoisotopic (exact) mass is 207 g/mol. The summed E-state index contributed by atoms with van der Waals surface area (Å²) in [6.45, 7) is 2.99. The van der Waals surface area contributed by atoms with Crippen molar-refractivity contribution in [3.05, 3.63) is 0 Å². The van der Waals surface area contributed by atoms with Crippen molar-refractivity contribution in [2.75, 3.05) is 18.9 Å². The molecule has 0 fully saturated rings. The van der Waals surface area contributed by atoms with Crippen molar-refractivity contribution in [1.29, 1.82) is 0 Å². The van der Waals surface area contributed by atoms with Gasteiger partial charge in [-0.25, -0.2) is 0 Å². The van der Waals surface area contributed by atoms with E-state index in [0.717, 1.165) is 19.4 Å². The first-order valence-corrected chi connectivity index (χ1v) is 4.64. The second-order valence-electron chi connectivity index (χ2n) is 2.30. The van der Waals surface area contributed by atoms with Gasteiger partial charge in [0.05, 0.1) is 5.33 Å². The summed E-state index contributed by atoms with van der Waals surface area (Å²) < 4.78 is 0. The van der Waals surface area contributed by atoms with E-state index in [1.807, 2.05) is 7.05 Å². The lowest BCUT2D eigenvalue weighted by Gasteiger charge is -2.14. The summed E-state index contributed by atoms with van der Waals surface area (Å²) in [7, 11) is 1.83. The van der Waals surface area contributed by atoms with Gasteiger partial charge in [-0.15, -0.1) is 0 Å². The average Bonchev–Trinajstić information content (AvgIpc) is 1.98. The van der Waals surface area contributed by atoms with Crippen LogP contribution in [0.2, 0.25) is 0 Å². The Morgan fingerprint density at radius 3 is 2.60 bits per heavy atom. The second kappa shape index (κ2) is 5.71. The summed E-state index contributed by atoms with van der Waals surface area (Å²) in [5.41, 5.74) is 0. The third-order valence-corrected chi connectivity index (χ3v) is 1.87. The molecule has 10 heavy (non-hydrogen) atoms. The Bertz CT molecular complexity index is 106. The molecule has 0 aliphatic rings. The second-order valence-corrected chi connectivity index (χ2v) is 2.86. The lowest BCUT2D eigenvalue weighted by Crippen LogP contribution is -2.28. The van der Waals surface area contributed by atoms with E-state index >= 15 is 0 Å². The number of halogens is 1. The van der Waals surface area contributed by atoms with Gasteiger partial charge in [-0.3, -0.25) is 4.79 Å². The van der Waals surface area contributed by atoms with E-state index in [1.165, 1.54) is 0 Å². The summed E-state index contributed by atoms with van der Waals surface area (Å²) in [4.78, 5) is 12.6. The molecule has 0 aliphatic heterocycles. The quantitative estimate of drug-likeness (QED) is 0.643. The van der Waals surface area contributed by atoms with Gasteiger partial charge in [0.2, 0.25) is 5.91 Å². The molecule has 1 amide bonds. The fourth-order valence-electron chi connectivity index (χ4n) is 0.622. The number of alkyl halides is 1. The first-order chi connectivity index (χ1) is 4.72. The van der Waals surface area contributed by atoms with Crippen LogP contribution in [0, 0.1) is 0 Å². The van der Waals surface area contributed by atoms with Crippen molar-refractivity contribution < 1.29 is 4.79 Å². The molecule has 0 aromatic carbocycles. The van der Waals surface area contributed by atoms with Crippen LogP contribution >= 0.6 is 15.9 Å². The van der Waals surface area contributed by atoms with E-state index in [-0.39, 0.29) is 5.91 Å².